The highest BCUT2D eigenvalue weighted by Crippen LogP contribution is 2.03. The van der Waals surface area contributed by atoms with E-state index in [0.29, 0.717) is 6.54 Å². The highest BCUT2D eigenvalue weighted by Gasteiger charge is 1.97. The van der Waals surface area contributed by atoms with Crippen LogP contribution in [0.4, 0.5) is 0 Å². The Balaban J connectivity index is 0.000000720. The maximum Gasteiger partial charge on any atom is 0.136 e. The Morgan fingerprint density at radius 3 is 2.77 bits per heavy atom. The number of hydrogen-bond donors (Lipinski definition) is 1. The van der Waals surface area contributed by atoms with Gasteiger partial charge in [-0.15, -0.1) is 24.8 Å². The minimum absolute atomic E-state index is 0. The van der Waals surface area contributed by atoms with Crippen molar-refractivity contribution in [1.82, 2.24) is 9.38 Å². The fraction of sp³-hybridized carbons (Fsp3) is 0.125. The molecule has 72 valence electrons. The first-order valence-electron chi connectivity index (χ1n) is 3.53. The van der Waals surface area contributed by atoms with E-state index >= 15 is 0 Å². The van der Waals surface area contributed by atoms with Gasteiger partial charge in [0.1, 0.15) is 5.65 Å². The number of pyridine rings is 1. The molecule has 0 amide bonds. The molecule has 0 aromatic carbocycles. The molecular formula is C8H11Cl2N3. The molecule has 5 heteroatoms. The average molecular weight is 220 g/mol. The number of halogens is 2. The summed E-state index contributed by atoms with van der Waals surface area (Å²) in [5, 5.41) is 0. The zero-order valence-electron chi connectivity index (χ0n) is 6.88. The molecule has 2 rings (SSSR count). The summed E-state index contributed by atoms with van der Waals surface area (Å²) in [4.78, 5) is 4.17. The van der Waals surface area contributed by atoms with Crippen LogP contribution in [0.5, 0.6) is 0 Å². The summed E-state index contributed by atoms with van der Waals surface area (Å²) in [6.07, 6.45) is 3.76. The van der Waals surface area contributed by atoms with Crippen LogP contribution in [0.3, 0.4) is 0 Å². The zero-order chi connectivity index (χ0) is 7.68. The van der Waals surface area contributed by atoms with Crippen LogP contribution in [0.15, 0.2) is 30.6 Å². The molecule has 2 heterocycles. The van der Waals surface area contributed by atoms with E-state index in [2.05, 4.69) is 4.98 Å². The Kier molecular flexibility index (Phi) is 4.77. The van der Waals surface area contributed by atoms with Crippen molar-refractivity contribution in [1.29, 1.82) is 0 Å². The van der Waals surface area contributed by atoms with E-state index in [-0.39, 0.29) is 24.8 Å². The third kappa shape index (κ3) is 2.12. The molecular weight excluding hydrogens is 209 g/mol. The first-order chi connectivity index (χ1) is 5.42. The molecule has 2 aromatic heterocycles. The fourth-order valence-electron chi connectivity index (χ4n) is 1.14. The third-order valence-corrected chi connectivity index (χ3v) is 1.70. The predicted molar refractivity (Wildman–Crippen MR) is 57.6 cm³/mol. The van der Waals surface area contributed by atoms with Crippen molar-refractivity contribution in [2.75, 3.05) is 0 Å². The van der Waals surface area contributed by atoms with E-state index in [1.807, 2.05) is 28.8 Å². The lowest BCUT2D eigenvalue weighted by Gasteiger charge is -1.95. The van der Waals surface area contributed by atoms with E-state index in [4.69, 9.17) is 5.73 Å². The van der Waals surface area contributed by atoms with Gasteiger partial charge < -0.3 is 10.1 Å². The predicted octanol–water partition coefficient (Wildman–Crippen LogP) is 1.64. The smallest absolute Gasteiger partial charge is 0.136 e. The monoisotopic (exact) mass is 219 g/mol. The first-order valence-corrected chi connectivity index (χ1v) is 3.53. The van der Waals surface area contributed by atoms with Gasteiger partial charge in [-0.05, 0) is 12.1 Å². The van der Waals surface area contributed by atoms with Crippen LogP contribution in [0.2, 0.25) is 0 Å². The van der Waals surface area contributed by atoms with Gasteiger partial charge in [0.25, 0.3) is 0 Å². The lowest BCUT2D eigenvalue weighted by molar-refractivity contribution is 0.959. The Hall–Kier alpha value is -0.770. The second kappa shape index (κ2) is 5.07. The number of aromatic nitrogens is 2. The van der Waals surface area contributed by atoms with E-state index in [9.17, 15) is 0 Å². The zero-order valence-corrected chi connectivity index (χ0v) is 8.52. The Morgan fingerprint density at radius 2 is 2.08 bits per heavy atom. The fourth-order valence-corrected chi connectivity index (χ4v) is 1.14. The van der Waals surface area contributed by atoms with Crippen molar-refractivity contribution >= 4 is 30.5 Å². The molecule has 2 aromatic rings. The molecule has 13 heavy (non-hydrogen) atoms. The van der Waals surface area contributed by atoms with Crippen LogP contribution in [-0.2, 0) is 6.54 Å². The maximum absolute atomic E-state index is 5.50. The molecule has 0 bridgehead atoms. The lowest BCUT2D eigenvalue weighted by atomic mass is 10.4. The number of imidazole rings is 1. The molecule has 0 aliphatic carbocycles. The normalized spacial score (nSPS) is 9.00. The molecule has 0 saturated carbocycles. The summed E-state index contributed by atoms with van der Waals surface area (Å²) in [6.45, 7) is 0.533. The summed E-state index contributed by atoms with van der Waals surface area (Å²) >= 11 is 0. The van der Waals surface area contributed by atoms with E-state index < -0.39 is 0 Å². The third-order valence-electron chi connectivity index (χ3n) is 1.70. The second-order valence-corrected chi connectivity index (χ2v) is 2.38. The first kappa shape index (κ1) is 12.2. The van der Waals surface area contributed by atoms with E-state index in [0.717, 1.165) is 11.3 Å². The summed E-state index contributed by atoms with van der Waals surface area (Å²) in [5.74, 6) is 0. The van der Waals surface area contributed by atoms with Crippen LogP contribution in [0.1, 0.15) is 5.69 Å². The molecule has 0 atom stereocenters. The standard InChI is InChI=1S/C8H9N3.2ClH/c9-5-7-6-10-8-3-1-2-4-11(7)8;;/h1-4,6H,5,9H2;2*1H. The van der Waals surface area contributed by atoms with Gasteiger partial charge >= 0.3 is 0 Å². The highest BCUT2D eigenvalue weighted by molar-refractivity contribution is 5.85. The Bertz CT molecular complexity index is 372. The van der Waals surface area contributed by atoms with E-state index in [1.54, 1.807) is 6.20 Å². The minimum Gasteiger partial charge on any atom is -0.325 e. The Morgan fingerprint density at radius 1 is 1.31 bits per heavy atom. The van der Waals surface area contributed by atoms with Gasteiger partial charge in [0.05, 0.1) is 11.9 Å². The highest BCUT2D eigenvalue weighted by atomic mass is 35.5. The Labute approximate surface area is 88.8 Å². The second-order valence-electron chi connectivity index (χ2n) is 2.38. The number of rotatable bonds is 1. The number of fused-ring (bicyclic) bond motifs is 1. The molecule has 0 unspecified atom stereocenters. The van der Waals surface area contributed by atoms with Crippen molar-refractivity contribution in [2.24, 2.45) is 5.73 Å². The van der Waals surface area contributed by atoms with Crippen molar-refractivity contribution in [3.63, 3.8) is 0 Å². The minimum atomic E-state index is 0. The molecule has 0 spiro atoms. The summed E-state index contributed by atoms with van der Waals surface area (Å²) < 4.78 is 1.99. The van der Waals surface area contributed by atoms with Gasteiger partial charge in [-0.25, -0.2) is 4.98 Å². The van der Waals surface area contributed by atoms with Gasteiger partial charge in [0.15, 0.2) is 0 Å². The van der Waals surface area contributed by atoms with Gasteiger partial charge in [0.2, 0.25) is 0 Å². The van der Waals surface area contributed by atoms with Gasteiger partial charge in [0, 0.05) is 12.7 Å². The summed E-state index contributed by atoms with van der Waals surface area (Å²) in [6, 6.07) is 5.88. The lowest BCUT2D eigenvalue weighted by Crippen LogP contribution is -1.99. The number of nitrogens with zero attached hydrogens (tertiary/aromatic N) is 2. The van der Waals surface area contributed by atoms with Crippen molar-refractivity contribution in [3.05, 3.63) is 36.3 Å². The molecule has 2 N–H and O–H groups in total. The number of hydrogen-bond acceptors (Lipinski definition) is 2. The van der Waals surface area contributed by atoms with Crippen molar-refractivity contribution in [2.45, 2.75) is 6.54 Å². The van der Waals surface area contributed by atoms with Crippen LogP contribution in [0, 0.1) is 0 Å². The quantitative estimate of drug-likeness (QED) is 0.793. The van der Waals surface area contributed by atoms with Crippen LogP contribution in [0.25, 0.3) is 5.65 Å². The van der Waals surface area contributed by atoms with E-state index in [1.165, 1.54) is 0 Å². The molecule has 0 fully saturated rings. The molecule has 0 aliphatic heterocycles. The van der Waals surface area contributed by atoms with Crippen LogP contribution < -0.4 is 5.73 Å². The van der Waals surface area contributed by atoms with Gasteiger partial charge in [-0.3, -0.25) is 0 Å². The van der Waals surface area contributed by atoms with Crippen molar-refractivity contribution in [3.8, 4) is 0 Å². The SMILES string of the molecule is Cl.Cl.NCc1cnc2ccccn12. The molecule has 0 aliphatic rings. The van der Waals surface area contributed by atoms with Crippen LogP contribution in [-0.4, -0.2) is 9.38 Å². The topological polar surface area (TPSA) is 43.3 Å². The summed E-state index contributed by atoms with van der Waals surface area (Å²) in [5.41, 5.74) is 7.49. The molecule has 0 saturated heterocycles. The maximum atomic E-state index is 5.50. The average Bonchev–Trinajstić information content (AvgIpc) is 2.47. The molecule has 3 nitrogen and oxygen atoms in total. The van der Waals surface area contributed by atoms with Gasteiger partial charge in [-0.2, -0.15) is 0 Å². The largest absolute Gasteiger partial charge is 0.325 e. The van der Waals surface area contributed by atoms with Crippen molar-refractivity contribution < 1.29 is 0 Å². The van der Waals surface area contributed by atoms with Gasteiger partial charge in [-0.1, -0.05) is 6.07 Å². The molecule has 0 radical (unpaired) electrons. The summed E-state index contributed by atoms with van der Waals surface area (Å²) in [7, 11) is 0. The number of nitrogens with two attached hydrogens (primary N) is 1. The van der Waals surface area contributed by atoms with Crippen LogP contribution >= 0.6 is 24.8 Å².